The summed E-state index contributed by atoms with van der Waals surface area (Å²) in [6.45, 7) is 0.811. The number of nitrogen functional groups attached to an aromatic ring is 1. The summed E-state index contributed by atoms with van der Waals surface area (Å²) < 4.78 is 24.3. The molecule has 0 saturated carbocycles. The molecule has 0 unspecified atom stereocenters. The first-order chi connectivity index (χ1) is 8.97. The zero-order chi connectivity index (χ0) is 13.9. The fourth-order valence-corrected chi connectivity index (χ4v) is 2.27. The topological polar surface area (TPSA) is 97.1 Å². The third-order valence-corrected chi connectivity index (χ3v) is 3.39. The normalized spacial score (nSPS) is 11.6. The number of rotatable bonds is 5. The van der Waals surface area contributed by atoms with Gasteiger partial charge in [0.15, 0.2) is 0 Å². The lowest BCUT2D eigenvalue weighted by atomic mass is 10.1. The van der Waals surface area contributed by atoms with Gasteiger partial charge in [0.2, 0.25) is 10.0 Å². The minimum absolute atomic E-state index is 0.324. The lowest BCUT2D eigenvalue weighted by Crippen LogP contribution is -2.27. The van der Waals surface area contributed by atoms with Crippen LogP contribution in [0.3, 0.4) is 0 Å². The molecule has 2 rings (SSSR count). The largest absolute Gasteiger partial charge is 0.398 e. The second-order valence-electron chi connectivity index (χ2n) is 4.22. The number of nitrogens with one attached hydrogen (secondary N) is 2. The smallest absolute Gasteiger partial charge is 0.208 e. The van der Waals surface area contributed by atoms with Gasteiger partial charge in [0.05, 0.1) is 6.26 Å². The summed E-state index contributed by atoms with van der Waals surface area (Å²) in [6, 6.07) is 5.53. The molecule has 0 fully saturated rings. The minimum atomic E-state index is -3.15. The van der Waals surface area contributed by atoms with E-state index in [1.165, 1.54) is 0 Å². The Labute approximate surface area is 112 Å². The first-order valence-corrected chi connectivity index (χ1v) is 7.67. The third kappa shape index (κ3) is 3.55. The lowest BCUT2D eigenvalue weighted by Gasteiger charge is -2.11. The molecule has 0 radical (unpaired) electrons. The standard InChI is InChI=1S/C12H16N4O2S/c1-19(17,18)16-7-6-15-12-3-2-11(13)9-4-5-14-8-10(9)12/h2-5,8,15-16H,6-7,13H2,1H3. The van der Waals surface area contributed by atoms with Gasteiger partial charge in [-0.25, -0.2) is 13.1 Å². The van der Waals surface area contributed by atoms with Gasteiger partial charge in [0.1, 0.15) is 0 Å². The molecular weight excluding hydrogens is 264 g/mol. The van der Waals surface area contributed by atoms with Crippen molar-refractivity contribution in [3.63, 3.8) is 0 Å². The average molecular weight is 280 g/mol. The van der Waals surface area contributed by atoms with Crippen LogP contribution in [-0.4, -0.2) is 32.7 Å². The Hall–Kier alpha value is -1.86. The number of hydrogen-bond donors (Lipinski definition) is 3. The molecule has 2 aromatic rings. The fourth-order valence-electron chi connectivity index (χ4n) is 1.80. The summed E-state index contributed by atoms with van der Waals surface area (Å²) in [6.07, 6.45) is 4.56. The highest BCUT2D eigenvalue weighted by Crippen LogP contribution is 2.26. The highest BCUT2D eigenvalue weighted by atomic mass is 32.2. The van der Waals surface area contributed by atoms with Crippen LogP contribution in [0.1, 0.15) is 0 Å². The number of sulfonamides is 1. The van der Waals surface area contributed by atoms with E-state index in [4.69, 9.17) is 5.73 Å². The number of pyridine rings is 1. The summed E-state index contributed by atoms with van der Waals surface area (Å²) in [5.41, 5.74) is 7.46. The molecule has 19 heavy (non-hydrogen) atoms. The zero-order valence-electron chi connectivity index (χ0n) is 10.6. The summed E-state index contributed by atoms with van der Waals surface area (Å²) >= 11 is 0. The first-order valence-electron chi connectivity index (χ1n) is 5.78. The monoisotopic (exact) mass is 280 g/mol. The Morgan fingerprint density at radius 3 is 2.74 bits per heavy atom. The molecule has 0 amide bonds. The van der Waals surface area contributed by atoms with E-state index in [2.05, 4.69) is 15.0 Å². The van der Waals surface area contributed by atoms with E-state index in [0.29, 0.717) is 18.8 Å². The van der Waals surface area contributed by atoms with E-state index in [-0.39, 0.29) is 0 Å². The number of nitrogens with two attached hydrogens (primary N) is 1. The van der Waals surface area contributed by atoms with Crippen LogP contribution in [0, 0.1) is 0 Å². The van der Waals surface area contributed by atoms with Crippen molar-refractivity contribution in [3.8, 4) is 0 Å². The van der Waals surface area contributed by atoms with Crippen LogP contribution < -0.4 is 15.8 Å². The van der Waals surface area contributed by atoms with E-state index in [1.54, 1.807) is 12.4 Å². The molecule has 1 aromatic carbocycles. The predicted octanol–water partition coefficient (Wildman–Crippen LogP) is 0.778. The molecule has 4 N–H and O–H groups in total. The van der Waals surface area contributed by atoms with Crippen LogP contribution in [0.15, 0.2) is 30.6 Å². The number of fused-ring (bicyclic) bond motifs is 1. The molecule has 6 nitrogen and oxygen atoms in total. The van der Waals surface area contributed by atoms with Gasteiger partial charge in [-0.15, -0.1) is 0 Å². The van der Waals surface area contributed by atoms with Crippen LogP contribution in [0.2, 0.25) is 0 Å². The maximum Gasteiger partial charge on any atom is 0.208 e. The quantitative estimate of drug-likeness (QED) is 0.555. The molecule has 7 heteroatoms. The SMILES string of the molecule is CS(=O)(=O)NCCNc1ccc(N)c2ccncc12. The van der Waals surface area contributed by atoms with Crippen molar-refractivity contribution >= 4 is 32.2 Å². The van der Waals surface area contributed by atoms with Gasteiger partial charge in [-0.1, -0.05) is 0 Å². The highest BCUT2D eigenvalue weighted by Gasteiger charge is 2.04. The molecule has 0 bridgehead atoms. The molecule has 0 saturated heterocycles. The van der Waals surface area contributed by atoms with Crippen molar-refractivity contribution in [2.45, 2.75) is 0 Å². The zero-order valence-corrected chi connectivity index (χ0v) is 11.4. The number of aromatic nitrogens is 1. The molecule has 0 aliphatic heterocycles. The van der Waals surface area contributed by atoms with Gasteiger partial charge in [0.25, 0.3) is 0 Å². The number of benzene rings is 1. The molecule has 1 aromatic heterocycles. The summed E-state index contributed by atoms with van der Waals surface area (Å²) in [5, 5.41) is 5.01. The molecular formula is C12H16N4O2S. The number of nitrogens with zero attached hydrogens (tertiary/aromatic N) is 1. The Balaban J connectivity index is 2.11. The van der Waals surface area contributed by atoms with E-state index < -0.39 is 10.0 Å². The van der Waals surface area contributed by atoms with Crippen molar-refractivity contribution in [2.75, 3.05) is 30.4 Å². The minimum Gasteiger partial charge on any atom is -0.398 e. The van der Waals surface area contributed by atoms with E-state index in [1.807, 2.05) is 18.2 Å². The Bertz CT molecular complexity index is 685. The summed E-state index contributed by atoms with van der Waals surface area (Å²) in [5.74, 6) is 0. The second kappa shape index (κ2) is 5.41. The van der Waals surface area contributed by atoms with Gasteiger partial charge in [0, 0.05) is 47.6 Å². The van der Waals surface area contributed by atoms with Gasteiger partial charge < -0.3 is 11.1 Å². The summed E-state index contributed by atoms with van der Waals surface area (Å²) in [4.78, 5) is 4.08. The van der Waals surface area contributed by atoms with E-state index >= 15 is 0 Å². The lowest BCUT2D eigenvalue weighted by molar-refractivity contribution is 0.589. The van der Waals surface area contributed by atoms with Gasteiger partial charge >= 0.3 is 0 Å². The van der Waals surface area contributed by atoms with Crippen molar-refractivity contribution in [3.05, 3.63) is 30.6 Å². The molecule has 0 aliphatic carbocycles. The van der Waals surface area contributed by atoms with Crippen LogP contribution in [-0.2, 0) is 10.0 Å². The second-order valence-corrected chi connectivity index (χ2v) is 6.05. The maximum atomic E-state index is 10.9. The van der Waals surface area contributed by atoms with Crippen LogP contribution in [0.25, 0.3) is 10.8 Å². The van der Waals surface area contributed by atoms with Crippen molar-refractivity contribution in [2.24, 2.45) is 0 Å². The maximum absolute atomic E-state index is 10.9. The predicted molar refractivity (Wildman–Crippen MR) is 77.5 cm³/mol. The first kappa shape index (κ1) is 13.6. The van der Waals surface area contributed by atoms with Gasteiger partial charge in [-0.2, -0.15) is 0 Å². The Morgan fingerprint density at radius 2 is 2.00 bits per heavy atom. The average Bonchev–Trinajstić information content (AvgIpc) is 2.36. The molecule has 102 valence electrons. The van der Waals surface area contributed by atoms with E-state index in [9.17, 15) is 8.42 Å². The molecule has 0 aliphatic rings. The fraction of sp³-hybridized carbons (Fsp3) is 0.250. The molecule has 0 spiro atoms. The third-order valence-electron chi connectivity index (χ3n) is 2.66. The van der Waals surface area contributed by atoms with E-state index in [0.717, 1.165) is 22.7 Å². The molecule has 1 heterocycles. The van der Waals surface area contributed by atoms with Crippen molar-refractivity contribution in [1.29, 1.82) is 0 Å². The number of anilines is 2. The Kier molecular flexibility index (Phi) is 3.87. The van der Waals surface area contributed by atoms with Crippen LogP contribution in [0.5, 0.6) is 0 Å². The van der Waals surface area contributed by atoms with Gasteiger partial charge in [-0.3, -0.25) is 4.98 Å². The summed E-state index contributed by atoms with van der Waals surface area (Å²) in [7, 11) is -3.15. The van der Waals surface area contributed by atoms with Crippen molar-refractivity contribution < 1.29 is 8.42 Å². The molecule has 0 atom stereocenters. The van der Waals surface area contributed by atoms with Crippen molar-refractivity contribution in [1.82, 2.24) is 9.71 Å². The van der Waals surface area contributed by atoms with Crippen LogP contribution in [0.4, 0.5) is 11.4 Å². The Morgan fingerprint density at radius 1 is 1.21 bits per heavy atom. The van der Waals surface area contributed by atoms with Crippen LogP contribution >= 0.6 is 0 Å². The highest BCUT2D eigenvalue weighted by molar-refractivity contribution is 7.88. The van der Waals surface area contributed by atoms with Gasteiger partial charge in [-0.05, 0) is 18.2 Å². The number of hydrogen-bond acceptors (Lipinski definition) is 5.